The number of urea groups is 1. The molecule has 1 unspecified atom stereocenters. The van der Waals surface area contributed by atoms with Crippen molar-refractivity contribution in [3.05, 3.63) is 0 Å². The Morgan fingerprint density at radius 2 is 1.72 bits per heavy atom. The monoisotopic (exact) mass is 253 g/mol. The van der Waals surface area contributed by atoms with Crippen LogP contribution in [0.4, 0.5) is 4.79 Å². The van der Waals surface area contributed by atoms with Gasteiger partial charge in [0, 0.05) is 25.7 Å². The van der Waals surface area contributed by atoms with Crippen LogP contribution < -0.4 is 5.73 Å². The third-order valence-electron chi connectivity index (χ3n) is 4.57. The van der Waals surface area contributed by atoms with Crippen molar-refractivity contribution in [2.45, 2.75) is 64.6 Å². The van der Waals surface area contributed by atoms with Crippen LogP contribution in [0, 0.1) is 5.41 Å². The van der Waals surface area contributed by atoms with Crippen molar-refractivity contribution in [2.24, 2.45) is 11.1 Å². The minimum Gasteiger partial charge on any atom is -0.328 e. The highest BCUT2D eigenvalue weighted by Crippen LogP contribution is 2.33. The second-order valence-corrected chi connectivity index (χ2v) is 7.00. The SMILES string of the molecule is CN1C(=O)N(C2CCC(N)CC2)CC1C(C)(C)C. The number of nitrogens with two attached hydrogens (primary N) is 1. The molecule has 4 heteroatoms. The summed E-state index contributed by atoms with van der Waals surface area (Å²) in [5.41, 5.74) is 6.08. The highest BCUT2D eigenvalue weighted by molar-refractivity contribution is 5.77. The summed E-state index contributed by atoms with van der Waals surface area (Å²) in [5, 5.41) is 0. The first-order valence-corrected chi connectivity index (χ1v) is 7.09. The Hall–Kier alpha value is -0.770. The Morgan fingerprint density at radius 3 is 2.17 bits per heavy atom. The van der Waals surface area contributed by atoms with E-state index in [1.165, 1.54) is 0 Å². The van der Waals surface area contributed by atoms with E-state index in [1.807, 2.05) is 11.9 Å². The van der Waals surface area contributed by atoms with E-state index in [2.05, 4.69) is 25.7 Å². The van der Waals surface area contributed by atoms with Crippen LogP contribution in [0.25, 0.3) is 0 Å². The van der Waals surface area contributed by atoms with Crippen LogP contribution in [0.15, 0.2) is 0 Å². The Morgan fingerprint density at radius 1 is 1.17 bits per heavy atom. The number of hydrogen-bond donors (Lipinski definition) is 1. The average molecular weight is 253 g/mol. The molecule has 0 aromatic carbocycles. The predicted molar refractivity (Wildman–Crippen MR) is 73.3 cm³/mol. The molecule has 2 rings (SSSR count). The van der Waals surface area contributed by atoms with Gasteiger partial charge in [-0.05, 0) is 31.1 Å². The second kappa shape index (κ2) is 4.72. The van der Waals surface area contributed by atoms with Crippen LogP contribution in [0.5, 0.6) is 0 Å². The van der Waals surface area contributed by atoms with Crippen molar-refractivity contribution in [1.29, 1.82) is 0 Å². The fourth-order valence-electron chi connectivity index (χ4n) is 3.30. The molecule has 0 aromatic heterocycles. The van der Waals surface area contributed by atoms with Crippen LogP contribution in [0.2, 0.25) is 0 Å². The summed E-state index contributed by atoms with van der Waals surface area (Å²) < 4.78 is 0. The molecule has 2 aliphatic rings. The lowest BCUT2D eigenvalue weighted by Gasteiger charge is -2.33. The first-order chi connectivity index (χ1) is 8.30. The summed E-state index contributed by atoms with van der Waals surface area (Å²) in [4.78, 5) is 16.4. The van der Waals surface area contributed by atoms with E-state index in [1.54, 1.807) is 0 Å². The van der Waals surface area contributed by atoms with Crippen molar-refractivity contribution < 1.29 is 4.79 Å². The fraction of sp³-hybridized carbons (Fsp3) is 0.929. The highest BCUT2D eigenvalue weighted by Gasteiger charge is 2.43. The molecule has 1 aliphatic carbocycles. The summed E-state index contributed by atoms with van der Waals surface area (Å²) in [5.74, 6) is 0. The molecule has 1 saturated carbocycles. The Labute approximate surface area is 110 Å². The fourth-order valence-corrected chi connectivity index (χ4v) is 3.30. The zero-order valence-corrected chi connectivity index (χ0v) is 12.1. The summed E-state index contributed by atoms with van der Waals surface area (Å²) in [7, 11) is 1.94. The number of likely N-dealkylation sites (N-methyl/N-ethyl adjacent to an activating group) is 1. The predicted octanol–water partition coefficient (Wildman–Crippen LogP) is 2.04. The van der Waals surface area contributed by atoms with Gasteiger partial charge in [0.05, 0.1) is 6.04 Å². The van der Waals surface area contributed by atoms with Gasteiger partial charge >= 0.3 is 6.03 Å². The maximum atomic E-state index is 12.4. The maximum Gasteiger partial charge on any atom is 0.320 e. The molecule has 0 aromatic rings. The normalized spacial score (nSPS) is 34.3. The topological polar surface area (TPSA) is 49.6 Å². The first kappa shape index (κ1) is 13.7. The quantitative estimate of drug-likeness (QED) is 0.777. The Balaban J connectivity index is 2.05. The van der Waals surface area contributed by atoms with E-state index < -0.39 is 0 Å². The molecule has 18 heavy (non-hydrogen) atoms. The number of amides is 2. The Kier molecular flexibility index (Phi) is 3.58. The molecular weight excluding hydrogens is 226 g/mol. The van der Waals surface area contributed by atoms with Crippen molar-refractivity contribution in [3.63, 3.8) is 0 Å². The van der Waals surface area contributed by atoms with Crippen LogP contribution in [0.3, 0.4) is 0 Å². The lowest BCUT2D eigenvalue weighted by atomic mass is 9.86. The molecule has 1 atom stereocenters. The summed E-state index contributed by atoms with van der Waals surface area (Å²) in [6.07, 6.45) is 4.24. The van der Waals surface area contributed by atoms with Gasteiger partial charge in [0.1, 0.15) is 0 Å². The smallest absolute Gasteiger partial charge is 0.320 e. The minimum absolute atomic E-state index is 0.143. The maximum absolute atomic E-state index is 12.4. The van der Waals surface area contributed by atoms with E-state index in [0.29, 0.717) is 18.1 Å². The minimum atomic E-state index is 0.143. The van der Waals surface area contributed by atoms with E-state index in [4.69, 9.17) is 5.73 Å². The number of nitrogens with zero attached hydrogens (tertiary/aromatic N) is 2. The van der Waals surface area contributed by atoms with Gasteiger partial charge in [0.2, 0.25) is 0 Å². The molecule has 4 nitrogen and oxygen atoms in total. The van der Waals surface area contributed by atoms with Crippen LogP contribution in [0.1, 0.15) is 46.5 Å². The molecule has 1 heterocycles. The standard InChI is InChI=1S/C14H27N3O/c1-14(2,3)12-9-17(13(18)16(12)4)11-7-5-10(15)6-8-11/h10-12H,5-9,15H2,1-4H3. The van der Waals surface area contributed by atoms with Gasteiger partial charge in [-0.1, -0.05) is 20.8 Å². The molecule has 104 valence electrons. The van der Waals surface area contributed by atoms with Gasteiger partial charge in [-0.2, -0.15) is 0 Å². The molecule has 2 fully saturated rings. The van der Waals surface area contributed by atoms with Gasteiger partial charge in [0.25, 0.3) is 0 Å². The average Bonchev–Trinajstić information content (AvgIpc) is 2.57. The third-order valence-corrected chi connectivity index (χ3v) is 4.57. The van der Waals surface area contributed by atoms with Gasteiger partial charge in [-0.3, -0.25) is 0 Å². The first-order valence-electron chi connectivity index (χ1n) is 7.09. The number of rotatable bonds is 1. The molecule has 1 saturated heterocycles. The lowest BCUT2D eigenvalue weighted by molar-refractivity contribution is 0.162. The van der Waals surface area contributed by atoms with Crippen LogP contribution in [-0.4, -0.2) is 47.5 Å². The van der Waals surface area contributed by atoms with Gasteiger partial charge in [-0.15, -0.1) is 0 Å². The molecule has 0 spiro atoms. The summed E-state index contributed by atoms with van der Waals surface area (Å²) in [6.45, 7) is 7.50. The zero-order chi connectivity index (χ0) is 13.5. The summed E-state index contributed by atoms with van der Waals surface area (Å²) >= 11 is 0. The van der Waals surface area contributed by atoms with E-state index in [9.17, 15) is 4.79 Å². The van der Waals surface area contributed by atoms with Crippen LogP contribution >= 0.6 is 0 Å². The highest BCUT2D eigenvalue weighted by atomic mass is 16.2. The number of carbonyl (C=O) groups is 1. The van der Waals surface area contributed by atoms with E-state index in [-0.39, 0.29) is 11.4 Å². The Bertz CT molecular complexity index is 315. The third kappa shape index (κ3) is 2.48. The number of hydrogen-bond acceptors (Lipinski definition) is 2. The molecule has 0 bridgehead atoms. The van der Waals surface area contributed by atoms with Crippen molar-refractivity contribution in [1.82, 2.24) is 9.80 Å². The molecule has 2 N–H and O–H groups in total. The van der Waals surface area contributed by atoms with Gasteiger partial charge in [-0.25, -0.2) is 4.79 Å². The van der Waals surface area contributed by atoms with E-state index >= 15 is 0 Å². The van der Waals surface area contributed by atoms with E-state index in [0.717, 1.165) is 32.2 Å². The molecule has 2 amide bonds. The molecular formula is C14H27N3O. The second-order valence-electron chi connectivity index (χ2n) is 7.00. The van der Waals surface area contributed by atoms with Crippen LogP contribution in [-0.2, 0) is 0 Å². The summed E-state index contributed by atoms with van der Waals surface area (Å²) in [6, 6.07) is 1.28. The largest absolute Gasteiger partial charge is 0.328 e. The van der Waals surface area contributed by atoms with Crippen molar-refractivity contribution in [3.8, 4) is 0 Å². The lowest BCUT2D eigenvalue weighted by Crippen LogP contribution is -2.42. The van der Waals surface area contributed by atoms with Crippen molar-refractivity contribution >= 4 is 6.03 Å². The van der Waals surface area contributed by atoms with Gasteiger partial charge in [0.15, 0.2) is 0 Å². The molecule has 0 radical (unpaired) electrons. The zero-order valence-electron chi connectivity index (χ0n) is 12.1. The van der Waals surface area contributed by atoms with Crippen molar-refractivity contribution in [2.75, 3.05) is 13.6 Å². The van der Waals surface area contributed by atoms with Gasteiger partial charge < -0.3 is 15.5 Å². The molecule has 1 aliphatic heterocycles. The number of carbonyl (C=O) groups excluding carboxylic acids is 1.